The summed E-state index contributed by atoms with van der Waals surface area (Å²) in [5, 5.41) is 10.4. The van der Waals surface area contributed by atoms with E-state index in [1.54, 1.807) is 24.1 Å². The number of halogens is 1. The number of hydrogen-bond donors (Lipinski definition) is 1. The summed E-state index contributed by atoms with van der Waals surface area (Å²) in [5.74, 6) is -1.06. The fourth-order valence-corrected chi connectivity index (χ4v) is 4.35. The van der Waals surface area contributed by atoms with Gasteiger partial charge in [0.25, 0.3) is 0 Å². The average molecular weight is 356 g/mol. The van der Waals surface area contributed by atoms with Gasteiger partial charge in [0.2, 0.25) is 0 Å². The van der Waals surface area contributed by atoms with Crippen LogP contribution in [0.3, 0.4) is 0 Å². The van der Waals surface area contributed by atoms with E-state index in [9.17, 15) is 14.3 Å². The van der Waals surface area contributed by atoms with E-state index in [1.807, 2.05) is 22.8 Å². The SMILES string of the molecule is O=C(O)Cn1c2c(c3ccccc31)CN(Sc1ccc(F)cc1)CC2. The summed E-state index contributed by atoms with van der Waals surface area (Å²) in [6, 6.07) is 14.5. The maximum absolute atomic E-state index is 13.1. The van der Waals surface area contributed by atoms with Crippen LogP contribution in [-0.4, -0.2) is 26.5 Å². The Balaban J connectivity index is 1.66. The molecule has 1 N–H and O–H groups in total. The fourth-order valence-electron chi connectivity index (χ4n) is 3.41. The topological polar surface area (TPSA) is 45.5 Å². The highest BCUT2D eigenvalue weighted by atomic mass is 32.2. The van der Waals surface area contributed by atoms with Gasteiger partial charge in [-0.15, -0.1) is 0 Å². The third-order valence-electron chi connectivity index (χ3n) is 4.47. The second kappa shape index (κ2) is 6.54. The number of rotatable bonds is 4. The minimum absolute atomic E-state index is 0.0129. The highest BCUT2D eigenvalue weighted by Gasteiger charge is 2.25. The summed E-state index contributed by atoms with van der Waals surface area (Å²) in [6.45, 7) is 1.55. The maximum atomic E-state index is 13.1. The van der Waals surface area contributed by atoms with Crippen LogP contribution in [0.5, 0.6) is 0 Å². The Bertz CT molecular complexity index is 936. The first kappa shape index (κ1) is 16.2. The monoisotopic (exact) mass is 356 g/mol. The predicted molar refractivity (Wildman–Crippen MR) is 95.9 cm³/mol. The van der Waals surface area contributed by atoms with Crippen LogP contribution in [-0.2, 0) is 24.3 Å². The quantitative estimate of drug-likeness (QED) is 0.720. The van der Waals surface area contributed by atoms with Crippen LogP contribution >= 0.6 is 11.9 Å². The molecule has 0 bridgehead atoms. The van der Waals surface area contributed by atoms with Crippen molar-refractivity contribution in [1.82, 2.24) is 8.87 Å². The Hall–Kier alpha value is -2.31. The van der Waals surface area contributed by atoms with Crippen molar-refractivity contribution in [2.24, 2.45) is 0 Å². The minimum atomic E-state index is -0.827. The summed E-state index contributed by atoms with van der Waals surface area (Å²) < 4.78 is 17.2. The molecule has 0 spiro atoms. The average Bonchev–Trinajstić information content (AvgIpc) is 2.90. The molecule has 0 radical (unpaired) electrons. The summed E-state index contributed by atoms with van der Waals surface area (Å²) >= 11 is 1.61. The van der Waals surface area contributed by atoms with E-state index in [-0.39, 0.29) is 12.4 Å². The molecule has 2 aromatic carbocycles. The third kappa shape index (κ3) is 3.15. The van der Waals surface area contributed by atoms with Crippen molar-refractivity contribution in [2.45, 2.75) is 24.4 Å². The summed E-state index contributed by atoms with van der Waals surface area (Å²) in [4.78, 5) is 12.3. The largest absolute Gasteiger partial charge is 0.480 e. The van der Waals surface area contributed by atoms with Crippen molar-refractivity contribution < 1.29 is 14.3 Å². The van der Waals surface area contributed by atoms with Crippen LogP contribution < -0.4 is 0 Å². The number of carboxylic acids is 1. The highest BCUT2D eigenvalue weighted by molar-refractivity contribution is 7.97. The molecule has 0 saturated heterocycles. The Kier molecular flexibility index (Phi) is 4.23. The number of para-hydroxylation sites is 1. The van der Waals surface area contributed by atoms with Crippen molar-refractivity contribution >= 4 is 28.8 Å². The number of hydrogen-bond acceptors (Lipinski definition) is 3. The van der Waals surface area contributed by atoms with Crippen LogP contribution in [0.25, 0.3) is 10.9 Å². The minimum Gasteiger partial charge on any atom is -0.480 e. The third-order valence-corrected chi connectivity index (χ3v) is 5.52. The van der Waals surface area contributed by atoms with Crippen molar-refractivity contribution in [3.8, 4) is 0 Å². The Labute approximate surface area is 149 Å². The molecular formula is C19H17FN2O2S. The van der Waals surface area contributed by atoms with Crippen molar-refractivity contribution in [1.29, 1.82) is 0 Å². The van der Waals surface area contributed by atoms with Crippen LogP contribution in [0, 0.1) is 5.82 Å². The molecule has 1 aliphatic rings. The smallest absolute Gasteiger partial charge is 0.323 e. The van der Waals surface area contributed by atoms with E-state index in [4.69, 9.17) is 0 Å². The molecule has 2 heterocycles. The van der Waals surface area contributed by atoms with Crippen LogP contribution in [0.15, 0.2) is 53.4 Å². The molecule has 4 nitrogen and oxygen atoms in total. The molecule has 0 atom stereocenters. The summed E-state index contributed by atoms with van der Waals surface area (Å²) in [6.07, 6.45) is 0.797. The van der Waals surface area contributed by atoms with E-state index >= 15 is 0 Å². The van der Waals surface area contributed by atoms with E-state index < -0.39 is 5.97 Å². The Morgan fingerprint density at radius 1 is 1.16 bits per heavy atom. The maximum Gasteiger partial charge on any atom is 0.323 e. The van der Waals surface area contributed by atoms with Gasteiger partial charge in [0, 0.05) is 41.0 Å². The summed E-state index contributed by atoms with van der Waals surface area (Å²) in [5.41, 5.74) is 3.28. The van der Waals surface area contributed by atoms with Gasteiger partial charge in [-0.2, -0.15) is 0 Å². The van der Waals surface area contributed by atoms with Gasteiger partial charge < -0.3 is 9.67 Å². The molecule has 25 heavy (non-hydrogen) atoms. The Morgan fingerprint density at radius 2 is 1.92 bits per heavy atom. The second-order valence-electron chi connectivity index (χ2n) is 6.08. The zero-order chi connectivity index (χ0) is 17.4. The number of carboxylic acid groups (broad SMARTS) is 1. The van der Waals surface area contributed by atoms with Gasteiger partial charge >= 0.3 is 5.97 Å². The summed E-state index contributed by atoms with van der Waals surface area (Å²) in [7, 11) is 0. The zero-order valence-corrected chi connectivity index (χ0v) is 14.3. The fraction of sp³-hybridized carbons (Fsp3) is 0.211. The molecule has 4 rings (SSSR count). The van der Waals surface area contributed by atoms with Crippen LogP contribution in [0.1, 0.15) is 11.3 Å². The first-order chi connectivity index (χ1) is 12.1. The van der Waals surface area contributed by atoms with E-state index in [2.05, 4.69) is 10.4 Å². The van der Waals surface area contributed by atoms with Gasteiger partial charge in [-0.05, 0) is 47.8 Å². The van der Waals surface area contributed by atoms with E-state index in [1.165, 1.54) is 17.7 Å². The number of benzene rings is 2. The van der Waals surface area contributed by atoms with Crippen molar-refractivity contribution in [3.63, 3.8) is 0 Å². The zero-order valence-electron chi connectivity index (χ0n) is 13.5. The molecule has 1 aliphatic heterocycles. The molecule has 0 fully saturated rings. The van der Waals surface area contributed by atoms with Crippen molar-refractivity contribution in [2.75, 3.05) is 6.54 Å². The van der Waals surface area contributed by atoms with E-state index in [0.29, 0.717) is 0 Å². The lowest BCUT2D eigenvalue weighted by Crippen LogP contribution is -2.26. The first-order valence-corrected chi connectivity index (χ1v) is 8.88. The normalized spacial score (nSPS) is 14.6. The lowest BCUT2D eigenvalue weighted by atomic mass is 10.1. The van der Waals surface area contributed by atoms with Crippen LogP contribution in [0.2, 0.25) is 0 Å². The number of nitrogens with zero attached hydrogens (tertiary/aromatic N) is 2. The lowest BCUT2D eigenvalue weighted by molar-refractivity contribution is -0.137. The molecular weight excluding hydrogens is 339 g/mol. The van der Waals surface area contributed by atoms with Gasteiger partial charge in [-0.3, -0.25) is 4.79 Å². The first-order valence-electron chi connectivity index (χ1n) is 8.11. The molecule has 0 aliphatic carbocycles. The molecule has 1 aromatic heterocycles. The Morgan fingerprint density at radius 3 is 2.68 bits per heavy atom. The molecule has 0 unspecified atom stereocenters. The van der Waals surface area contributed by atoms with E-state index in [0.717, 1.165) is 41.0 Å². The highest BCUT2D eigenvalue weighted by Crippen LogP contribution is 2.35. The standard InChI is InChI=1S/C19H17FN2O2S/c20-13-5-7-14(8-6-13)25-21-10-9-18-16(11-21)15-3-1-2-4-17(15)22(18)12-19(23)24/h1-8H,9-12H2,(H,23,24). The number of carbonyl (C=O) groups is 1. The lowest BCUT2D eigenvalue weighted by Gasteiger charge is -2.27. The number of fused-ring (bicyclic) bond motifs is 3. The van der Waals surface area contributed by atoms with Gasteiger partial charge in [0.05, 0.1) is 0 Å². The number of aromatic nitrogens is 1. The molecule has 0 amide bonds. The molecule has 128 valence electrons. The predicted octanol–water partition coefficient (Wildman–Crippen LogP) is 3.93. The van der Waals surface area contributed by atoms with Crippen LogP contribution in [0.4, 0.5) is 4.39 Å². The molecule has 0 saturated carbocycles. The van der Waals surface area contributed by atoms with Gasteiger partial charge in [-0.25, -0.2) is 8.70 Å². The van der Waals surface area contributed by atoms with Gasteiger partial charge in [0.15, 0.2) is 0 Å². The van der Waals surface area contributed by atoms with Gasteiger partial charge in [-0.1, -0.05) is 18.2 Å². The molecule has 3 aromatic rings. The molecule has 6 heteroatoms. The second-order valence-corrected chi connectivity index (χ2v) is 7.25. The van der Waals surface area contributed by atoms with Crippen molar-refractivity contribution in [3.05, 3.63) is 65.6 Å². The van der Waals surface area contributed by atoms with Gasteiger partial charge in [0.1, 0.15) is 12.4 Å². The number of aliphatic carboxylic acids is 1.